The van der Waals surface area contributed by atoms with Gasteiger partial charge in [0.15, 0.2) is 0 Å². The minimum atomic E-state index is -0.439. The number of hydrogen-bond acceptors (Lipinski definition) is 2. The first kappa shape index (κ1) is 14.5. The van der Waals surface area contributed by atoms with Gasteiger partial charge in [-0.05, 0) is 35.4 Å². The summed E-state index contributed by atoms with van der Waals surface area (Å²) in [7, 11) is 0. The van der Waals surface area contributed by atoms with E-state index in [1.807, 2.05) is 12.1 Å². The molecule has 20 heavy (non-hydrogen) atoms. The van der Waals surface area contributed by atoms with Gasteiger partial charge in [0.25, 0.3) is 0 Å². The summed E-state index contributed by atoms with van der Waals surface area (Å²) in [5.41, 5.74) is 7.59. The van der Waals surface area contributed by atoms with Crippen molar-refractivity contribution in [1.82, 2.24) is 5.32 Å². The summed E-state index contributed by atoms with van der Waals surface area (Å²) in [6, 6.07) is 11.7. The number of carbonyl (C=O) groups excluding carboxylic acids is 1. The monoisotopic (exact) mass is 292 g/mol. The Bertz CT molecular complexity index is 614. The van der Waals surface area contributed by atoms with Crippen molar-refractivity contribution in [3.05, 3.63) is 70.0 Å². The number of carbonyl (C=O) groups is 1. The van der Waals surface area contributed by atoms with Crippen LogP contribution < -0.4 is 11.1 Å². The van der Waals surface area contributed by atoms with Crippen molar-refractivity contribution >= 4 is 17.5 Å². The maximum absolute atomic E-state index is 13.0. The third kappa shape index (κ3) is 3.79. The fraction of sp³-hybridized carbons (Fsp3) is 0.133. The fourth-order valence-corrected chi connectivity index (χ4v) is 1.99. The largest absolute Gasteiger partial charge is 0.366 e. The lowest BCUT2D eigenvalue weighted by molar-refractivity contribution is 0.100. The van der Waals surface area contributed by atoms with E-state index in [-0.39, 0.29) is 5.02 Å². The second-order valence-electron chi connectivity index (χ2n) is 4.41. The van der Waals surface area contributed by atoms with Gasteiger partial charge in [-0.25, -0.2) is 4.39 Å². The topological polar surface area (TPSA) is 55.1 Å². The highest BCUT2D eigenvalue weighted by molar-refractivity contribution is 6.30. The van der Waals surface area contributed by atoms with Crippen LogP contribution in [-0.4, -0.2) is 5.91 Å². The average molecular weight is 293 g/mol. The molecule has 0 saturated heterocycles. The molecule has 1 amide bonds. The van der Waals surface area contributed by atoms with E-state index in [2.05, 4.69) is 5.32 Å². The number of hydrogen-bond donors (Lipinski definition) is 2. The minimum Gasteiger partial charge on any atom is -0.366 e. The molecule has 0 fully saturated rings. The number of nitrogens with two attached hydrogens (primary N) is 1. The van der Waals surface area contributed by atoms with Crippen molar-refractivity contribution < 1.29 is 9.18 Å². The Balaban J connectivity index is 1.89. The van der Waals surface area contributed by atoms with E-state index in [0.717, 1.165) is 11.1 Å². The number of benzene rings is 2. The van der Waals surface area contributed by atoms with Crippen LogP contribution in [0.3, 0.4) is 0 Å². The van der Waals surface area contributed by atoms with Gasteiger partial charge in [0.2, 0.25) is 5.91 Å². The number of primary amides is 1. The molecule has 3 N–H and O–H groups in total. The van der Waals surface area contributed by atoms with E-state index < -0.39 is 11.7 Å². The van der Waals surface area contributed by atoms with E-state index in [0.29, 0.717) is 18.7 Å². The predicted octanol–water partition coefficient (Wildman–Crippen LogP) is 2.87. The highest BCUT2D eigenvalue weighted by Gasteiger charge is 2.02. The summed E-state index contributed by atoms with van der Waals surface area (Å²) in [5.74, 6) is -0.858. The Morgan fingerprint density at radius 1 is 1.10 bits per heavy atom. The Morgan fingerprint density at radius 3 is 2.30 bits per heavy atom. The molecule has 3 nitrogen and oxygen atoms in total. The predicted molar refractivity (Wildman–Crippen MR) is 76.9 cm³/mol. The molecule has 0 atom stereocenters. The van der Waals surface area contributed by atoms with Gasteiger partial charge < -0.3 is 11.1 Å². The standard InChI is InChI=1S/C15H14ClFN2O/c16-13-7-11(3-6-14(13)17)9-19-8-10-1-4-12(5-2-10)15(18)20/h1-7,19H,8-9H2,(H2,18,20). The first-order chi connectivity index (χ1) is 9.56. The summed E-state index contributed by atoms with van der Waals surface area (Å²) >= 11 is 5.71. The Hall–Kier alpha value is -1.91. The molecule has 2 rings (SSSR count). The van der Waals surface area contributed by atoms with Crippen LogP contribution in [0.2, 0.25) is 5.02 Å². The summed E-state index contributed by atoms with van der Waals surface area (Å²) in [4.78, 5) is 10.9. The van der Waals surface area contributed by atoms with Crippen molar-refractivity contribution in [3.63, 3.8) is 0 Å². The molecule has 0 unspecified atom stereocenters. The van der Waals surface area contributed by atoms with Gasteiger partial charge in [0.1, 0.15) is 5.82 Å². The molecule has 0 aromatic heterocycles. The maximum atomic E-state index is 13.0. The number of amides is 1. The molecule has 5 heteroatoms. The molecule has 0 bridgehead atoms. The van der Waals surface area contributed by atoms with Gasteiger partial charge in [-0.2, -0.15) is 0 Å². The summed E-state index contributed by atoms with van der Waals surface area (Å²) in [6.45, 7) is 1.21. The third-order valence-electron chi connectivity index (χ3n) is 2.88. The molecule has 0 aliphatic rings. The zero-order valence-electron chi connectivity index (χ0n) is 10.7. The summed E-state index contributed by atoms with van der Waals surface area (Å²) in [6.07, 6.45) is 0. The van der Waals surface area contributed by atoms with Gasteiger partial charge in [-0.1, -0.05) is 29.8 Å². The molecule has 2 aromatic carbocycles. The van der Waals surface area contributed by atoms with Crippen LogP contribution >= 0.6 is 11.6 Å². The van der Waals surface area contributed by atoms with Crippen molar-refractivity contribution in [2.45, 2.75) is 13.1 Å². The number of rotatable bonds is 5. The zero-order chi connectivity index (χ0) is 14.5. The second kappa shape index (κ2) is 6.50. The first-order valence-electron chi connectivity index (χ1n) is 6.09. The van der Waals surface area contributed by atoms with Crippen LogP contribution in [0, 0.1) is 5.82 Å². The van der Waals surface area contributed by atoms with E-state index in [1.54, 1.807) is 24.3 Å². The van der Waals surface area contributed by atoms with Gasteiger partial charge in [0.05, 0.1) is 5.02 Å². The average Bonchev–Trinajstić information content (AvgIpc) is 2.43. The van der Waals surface area contributed by atoms with Crippen LogP contribution in [0.4, 0.5) is 4.39 Å². The highest BCUT2D eigenvalue weighted by Crippen LogP contribution is 2.15. The summed E-state index contributed by atoms with van der Waals surface area (Å²) in [5, 5.41) is 3.34. The van der Waals surface area contributed by atoms with Crippen molar-refractivity contribution in [1.29, 1.82) is 0 Å². The molecule has 104 valence electrons. The SMILES string of the molecule is NC(=O)c1ccc(CNCc2ccc(F)c(Cl)c2)cc1. The van der Waals surface area contributed by atoms with Crippen molar-refractivity contribution in [2.24, 2.45) is 5.73 Å². The molecule has 0 saturated carbocycles. The number of halogens is 2. The van der Waals surface area contributed by atoms with Gasteiger partial charge in [-0.15, -0.1) is 0 Å². The molecular formula is C15H14ClFN2O. The van der Waals surface area contributed by atoms with Crippen LogP contribution in [-0.2, 0) is 13.1 Å². The van der Waals surface area contributed by atoms with Crippen LogP contribution in [0.15, 0.2) is 42.5 Å². The van der Waals surface area contributed by atoms with Crippen LogP contribution in [0.5, 0.6) is 0 Å². The number of nitrogens with one attached hydrogen (secondary N) is 1. The molecule has 0 radical (unpaired) electrons. The lowest BCUT2D eigenvalue weighted by atomic mass is 10.1. The molecular weight excluding hydrogens is 279 g/mol. The Kier molecular flexibility index (Phi) is 4.71. The molecule has 0 heterocycles. The maximum Gasteiger partial charge on any atom is 0.248 e. The second-order valence-corrected chi connectivity index (χ2v) is 4.82. The highest BCUT2D eigenvalue weighted by atomic mass is 35.5. The van der Waals surface area contributed by atoms with E-state index in [9.17, 15) is 9.18 Å². The first-order valence-corrected chi connectivity index (χ1v) is 6.47. The van der Waals surface area contributed by atoms with Crippen molar-refractivity contribution in [2.75, 3.05) is 0 Å². The lowest BCUT2D eigenvalue weighted by Crippen LogP contribution is -2.14. The van der Waals surface area contributed by atoms with E-state index >= 15 is 0 Å². The molecule has 0 aliphatic heterocycles. The zero-order valence-corrected chi connectivity index (χ0v) is 11.5. The molecule has 2 aromatic rings. The van der Waals surface area contributed by atoms with Crippen LogP contribution in [0.25, 0.3) is 0 Å². The van der Waals surface area contributed by atoms with E-state index in [4.69, 9.17) is 17.3 Å². The molecule has 0 aliphatic carbocycles. The van der Waals surface area contributed by atoms with Crippen LogP contribution in [0.1, 0.15) is 21.5 Å². The summed E-state index contributed by atoms with van der Waals surface area (Å²) < 4.78 is 13.0. The molecule has 0 spiro atoms. The quantitative estimate of drug-likeness (QED) is 0.890. The Morgan fingerprint density at radius 2 is 1.70 bits per heavy atom. The Labute approximate surface area is 121 Å². The lowest BCUT2D eigenvalue weighted by Gasteiger charge is -2.06. The minimum absolute atomic E-state index is 0.120. The van der Waals surface area contributed by atoms with Gasteiger partial charge >= 0.3 is 0 Å². The van der Waals surface area contributed by atoms with E-state index in [1.165, 1.54) is 6.07 Å². The normalized spacial score (nSPS) is 10.5. The smallest absolute Gasteiger partial charge is 0.248 e. The third-order valence-corrected chi connectivity index (χ3v) is 3.17. The fourth-order valence-electron chi connectivity index (χ4n) is 1.79. The van der Waals surface area contributed by atoms with Gasteiger partial charge in [0, 0.05) is 18.7 Å². The van der Waals surface area contributed by atoms with Gasteiger partial charge in [-0.3, -0.25) is 4.79 Å². The van der Waals surface area contributed by atoms with Crippen molar-refractivity contribution in [3.8, 4) is 0 Å².